The molecule has 4 rings (SSSR count). The van der Waals surface area contributed by atoms with Gasteiger partial charge in [0, 0.05) is 19.0 Å². The quantitative estimate of drug-likeness (QED) is 0.492. The van der Waals surface area contributed by atoms with Crippen LogP contribution in [0.4, 0.5) is 4.39 Å². The number of halogens is 1. The first-order valence-electron chi connectivity index (χ1n) is 12.0. The lowest BCUT2D eigenvalue weighted by atomic mass is 9.99. The summed E-state index contributed by atoms with van der Waals surface area (Å²) in [7, 11) is 2.92. The van der Waals surface area contributed by atoms with E-state index >= 15 is 0 Å². The van der Waals surface area contributed by atoms with Gasteiger partial charge in [0.2, 0.25) is 5.88 Å². The molecule has 1 atom stereocenters. The SMILES string of the molecule is COc1cccc(OC)c1-n1c(COC(C)C)nc(=O)c(C(=O)N2CCC(c3ccc(F)cc3)C2)c1O. The second-order valence-corrected chi connectivity index (χ2v) is 9.03. The van der Waals surface area contributed by atoms with Gasteiger partial charge in [-0.25, -0.2) is 4.39 Å². The fourth-order valence-electron chi connectivity index (χ4n) is 4.47. The summed E-state index contributed by atoms with van der Waals surface area (Å²) in [5.41, 5.74) is -0.142. The van der Waals surface area contributed by atoms with Crippen LogP contribution in [0.15, 0.2) is 47.3 Å². The van der Waals surface area contributed by atoms with Crippen LogP contribution in [0.3, 0.4) is 0 Å². The Labute approximate surface area is 214 Å². The highest BCUT2D eigenvalue weighted by molar-refractivity contribution is 5.96. The van der Waals surface area contributed by atoms with Crippen LogP contribution in [0.25, 0.3) is 5.69 Å². The first kappa shape index (κ1) is 26.2. The largest absolute Gasteiger partial charge is 0.494 e. The van der Waals surface area contributed by atoms with Gasteiger partial charge in [-0.1, -0.05) is 18.2 Å². The van der Waals surface area contributed by atoms with E-state index in [0.717, 1.165) is 5.56 Å². The average molecular weight is 512 g/mol. The smallest absolute Gasteiger partial charge is 0.289 e. The molecule has 0 spiro atoms. The number of ether oxygens (including phenoxy) is 3. The van der Waals surface area contributed by atoms with Crippen molar-refractivity contribution in [2.45, 2.75) is 38.9 Å². The highest BCUT2D eigenvalue weighted by Gasteiger charge is 2.33. The molecule has 1 N–H and O–H groups in total. The third-order valence-electron chi connectivity index (χ3n) is 6.34. The van der Waals surface area contributed by atoms with Gasteiger partial charge in [-0.3, -0.25) is 14.2 Å². The molecule has 196 valence electrons. The fraction of sp³-hybridized carbons (Fsp3) is 0.370. The number of benzene rings is 2. The Morgan fingerprint density at radius 1 is 1.14 bits per heavy atom. The van der Waals surface area contributed by atoms with Crippen LogP contribution in [0.2, 0.25) is 0 Å². The van der Waals surface area contributed by atoms with Crippen LogP contribution < -0.4 is 15.0 Å². The van der Waals surface area contributed by atoms with Crippen LogP contribution in [0, 0.1) is 5.82 Å². The van der Waals surface area contributed by atoms with Crippen molar-refractivity contribution in [3.8, 4) is 23.1 Å². The first-order chi connectivity index (χ1) is 17.7. The zero-order valence-corrected chi connectivity index (χ0v) is 21.2. The van der Waals surface area contributed by atoms with Gasteiger partial charge in [-0.05, 0) is 50.1 Å². The molecule has 0 aliphatic carbocycles. The third-order valence-corrected chi connectivity index (χ3v) is 6.34. The van der Waals surface area contributed by atoms with Crippen molar-refractivity contribution in [3.63, 3.8) is 0 Å². The van der Waals surface area contributed by atoms with Crippen molar-refractivity contribution in [2.75, 3.05) is 27.3 Å². The lowest BCUT2D eigenvalue weighted by molar-refractivity contribution is 0.0590. The summed E-state index contributed by atoms with van der Waals surface area (Å²) in [6.07, 6.45) is 0.460. The molecule has 1 aliphatic heterocycles. The summed E-state index contributed by atoms with van der Waals surface area (Å²) in [5.74, 6) is -0.821. The molecule has 0 radical (unpaired) electrons. The first-order valence-corrected chi connectivity index (χ1v) is 12.0. The summed E-state index contributed by atoms with van der Waals surface area (Å²) in [5, 5.41) is 11.4. The Morgan fingerprint density at radius 3 is 2.38 bits per heavy atom. The second kappa shape index (κ2) is 11.0. The van der Waals surface area contributed by atoms with Crippen molar-refractivity contribution >= 4 is 5.91 Å². The lowest BCUT2D eigenvalue weighted by Gasteiger charge is -2.23. The highest BCUT2D eigenvalue weighted by Crippen LogP contribution is 2.37. The lowest BCUT2D eigenvalue weighted by Crippen LogP contribution is -2.35. The molecule has 9 nitrogen and oxygen atoms in total. The average Bonchev–Trinajstić information content (AvgIpc) is 3.37. The summed E-state index contributed by atoms with van der Waals surface area (Å²) in [6.45, 7) is 4.24. The van der Waals surface area contributed by atoms with E-state index in [-0.39, 0.29) is 36.0 Å². The van der Waals surface area contributed by atoms with Crippen molar-refractivity contribution in [1.82, 2.24) is 14.5 Å². The minimum atomic E-state index is -0.861. The monoisotopic (exact) mass is 511 g/mol. The minimum Gasteiger partial charge on any atom is -0.494 e. The molecule has 37 heavy (non-hydrogen) atoms. The minimum absolute atomic E-state index is 0.0186. The summed E-state index contributed by atoms with van der Waals surface area (Å²) in [6, 6.07) is 11.2. The van der Waals surface area contributed by atoms with E-state index in [0.29, 0.717) is 31.0 Å². The van der Waals surface area contributed by atoms with E-state index < -0.39 is 22.9 Å². The van der Waals surface area contributed by atoms with Crippen molar-refractivity contribution in [2.24, 2.45) is 0 Å². The Hall–Kier alpha value is -3.92. The van der Waals surface area contributed by atoms with E-state index in [2.05, 4.69) is 4.98 Å². The zero-order chi connectivity index (χ0) is 26.7. The number of nitrogens with zero attached hydrogens (tertiary/aromatic N) is 3. The Balaban J connectivity index is 1.79. The molecule has 3 aromatic rings. The number of hydrogen-bond donors (Lipinski definition) is 1. The summed E-state index contributed by atoms with van der Waals surface area (Å²) >= 11 is 0. The van der Waals surface area contributed by atoms with Gasteiger partial charge < -0.3 is 24.2 Å². The molecule has 1 saturated heterocycles. The maximum atomic E-state index is 13.5. The molecular formula is C27H30FN3O6. The molecule has 1 amide bonds. The van der Waals surface area contributed by atoms with Gasteiger partial charge in [-0.15, -0.1) is 0 Å². The predicted octanol–water partition coefficient (Wildman–Crippen LogP) is 3.65. The number of para-hydroxylation sites is 1. The molecule has 1 fully saturated rings. The second-order valence-electron chi connectivity index (χ2n) is 9.03. The maximum Gasteiger partial charge on any atom is 0.289 e. The van der Waals surface area contributed by atoms with Crippen LogP contribution >= 0.6 is 0 Å². The van der Waals surface area contributed by atoms with Crippen LogP contribution in [-0.2, 0) is 11.3 Å². The molecule has 1 unspecified atom stereocenters. The molecule has 1 aromatic heterocycles. The van der Waals surface area contributed by atoms with Gasteiger partial charge in [0.1, 0.15) is 35.4 Å². The van der Waals surface area contributed by atoms with E-state index in [1.807, 2.05) is 13.8 Å². The van der Waals surface area contributed by atoms with Crippen LogP contribution in [-0.4, -0.2) is 58.9 Å². The fourth-order valence-corrected chi connectivity index (χ4v) is 4.47. The molecule has 1 aliphatic rings. The highest BCUT2D eigenvalue weighted by atomic mass is 19.1. The number of rotatable bonds is 8. The standard InChI is InChI=1S/C27H30FN3O6/c1-16(2)37-15-22-29-25(32)23(27(34)31(22)24-20(35-3)6-5-7-21(24)36-4)26(33)30-13-12-18(14-30)17-8-10-19(28)11-9-17/h5-11,16,18,34H,12-15H2,1-4H3. The molecule has 0 saturated carbocycles. The van der Waals surface area contributed by atoms with Gasteiger partial charge in [-0.2, -0.15) is 4.98 Å². The molecule has 2 heterocycles. The molecule has 0 bridgehead atoms. The van der Waals surface area contributed by atoms with Gasteiger partial charge in [0.15, 0.2) is 5.56 Å². The third kappa shape index (κ3) is 5.29. The van der Waals surface area contributed by atoms with Gasteiger partial charge >= 0.3 is 0 Å². The number of carbonyl (C=O) groups is 1. The number of hydrogen-bond acceptors (Lipinski definition) is 7. The zero-order valence-electron chi connectivity index (χ0n) is 21.2. The molecule has 2 aromatic carbocycles. The number of methoxy groups -OCH3 is 2. The van der Waals surface area contributed by atoms with Crippen molar-refractivity contribution in [3.05, 3.63) is 75.6 Å². The van der Waals surface area contributed by atoms with Crippen LogP contribution in [0.1, 0.15) is 47.9 Å². The van der Waals surface area contributed by atoms with E-state index in [1.165, 1.54) is 35.8 Å². The van der Waals surface area contributed by atoms with Crippen LogP contribution in [0.5, 0.6) is 17.4 Å². The summed E-state index contributed by atoms with van der Waals surface area (Å²) in [4.78, 5) is 32.3. The van der Waals surface area contributed by atoms with E-state index in [4.69, 9.17) is 14.2 Å². The topological polar surface area (TPSA) is 103 Å². The Kier molecular flexibility index (Phi) is 7.77. The number of carbonyl (C=O) groups excluding carboxylic acids is 1. The Morgan fingerprint density at radius 2 is 1.78 bits per heavy atom. The van der Waals surface area contributed by atoms with Crippen molar-refractivity contribution < 1.29 is 28.5 Å². The van der Waals surface area contributed by atoms with E-state index in [9.17, 15) is 19.1 Å². The maximum absolute atomic E-state index is 13.5. The van der Waals surface area contributed by atoms with Crippen molar-refractivity contribution in [1.29, 1.82) is 0 Å². The van der Waals surface area contributed by atoms with Gasteiger partial charge in [0.25, 0.3) is 11.5 Å². The Bertz CT molecular complexity index is 1320. The van der Waals surface area contributed by atoms with E-state index in [1.54, 1.807) is 30.3 Å². The number of aromatic nitrogens is 2. The number of amides is 1. The predicted molar refractivity (Wildman–Crippen MR) is 134 cm³/mol. The summed E-state index contributed by atoms with van der Waals surface area (Å²) < 4.78 is 31.3. The number of aromatic hydroxyl groups is 1. The normalized spacial score (nSPS) is 15.3. The number of likely N-dealkylation sites (tertiary alicyclic amines) is 1. The molecule has 10 heteroatoms. The molecular weight excluding hydrogens is 481 g/mol. The van der Waals surface area contributed by atoms with Gasteiger partial charge in [0.05, 0.1) is 20.3 Å².